The van der Waals surface area contributed by atoms with Gasteiger partial charge in [-0.05, 0) is 49.1 Å². The molecule has 118 valence electrons. The summed E-state index contributed by atoms with van der Waals surface area (Å²) < 4.78 is 0. The van der Waals surface area contributed by atoms with Crippen LogP contribution in [0.3, 0.4) is 0 Å². The highest BCUT2D eigenvalue weighted by Crippen LogP contribution is 2.19. The lowest BCUT2D eigenvalue weighted by molar-refractivity contribution is 0.0946. The van der Waals surface area contributed by atoms with Gasteiger partial charge in [-0.3, -0.25) is 9.59 Å². The summed E-state index contributed by atoms with van der Waals surface area (Å²) in [4.78, 5) is 28.4. The van der Waals surface area contributed by atoms with Gasteiger partial charge in [0, 0.05) is 11.7 Å². The maximum Gasteiger partial charge on any atom is 0.274 e. The number of aryl methyl sites for hydroxylation is 1. The molecule has 0 saturated heterocycles. The summed E-state index contributed by atoms with van der Waals surface area (Å²) in [6, 6.07) is 12.8. The van der Waals surface area contributed by atoms with E-state index in [9.17, 15) is 9.59 Å². The molecular formula is C18H19N3O2. The van der Waals surface area contributed by atoms with E-state index in [4.69, 9.17) is 0 Å². The number of nitrogens with one attached hydrogen (secondary N) is 2. The molecule has 0 unspecified atom stereocenters. The van der Waals surface area contributed by atoms with Crippen LogP contribution in [0.4, 0.5) is 5.69 Å². The van der Waals surface area contributed by atoms with Crippen LogP contribution in [0, 0.1) is 0 Å². The van der Waals surface area contributed by atoms with Gasteiger partial charge in [0.15, 0.2) is 0 Å². The molecule has 0 bridgehead atoms. The van der Waals surface area contributed by atoms with Gasteiger partial charge in [-0.15, -0.1) is 0 Å². The Morgan fingerprint density at radius 2 is 1.70 bits per heavy atom. The van der Waals surface area contributed by atoms with Gasteiger partial charge < -0.3 is 10.6 Å². The molecule has 1 aromatic heterocycles. The fourth-order valence-electron chi connectivity index (χ4n) is 2.19. The third kappa shape index (κ3) is 3.94. The molecule has 1 aliphatic carbocycles. The number of nitrogens with zero attached hydrogens (tertiary/aromatic N) is 1. The quantitative estimate of drug-likeness (QED) is 0.892. The van der Waals surface area contributed by atoms with Crippen molar-refractivity contribution in [2.45, 2.75) is 32.2 Å². The van der Waals surface area contributed by atoms with Crippen molar-refractivity contribution in [2.75, 3.05) is 5.32 Å². The van der Waals surface area contributed by atoms with Gasteiger partial charge in [0.25, 0.3) is 11.8 Å². The Kier molecular flexibility index (Phi) is 4.37. The van der Waals surface area contributed by atoms with Crippen molar-refractivity contribution in [1.82, 2.24) is 10.3 Å². The third-order valence-electron chi connectivity index (χ3n) is 3.75. The van der Waals surface area contributed by atoms with Crippen molar-refractivity contribution in [3.63, 3.8) is 0 Å². The van der Waals surface area contributed by atoms with Crippen LogP contribution in [0.2, 0.25) is 0 Å². The van der Waals surface area contributed by atoms with E-state index in [1.54, 1.807) is 18.2 Å². The van der Waals surface area contributed by atoms with Crippen molar-refractivity contribution in [3.05, 3.63) is 59.4 Å². The number of anilines is 1. The van der Waals surface area contributed by atoms with Crippen LogP contribution in [0.15, 0.2) is 42.5 Å². The van der Waals surface area contributed by atoms with Crippen molar-refractivity contribution >= 4 is 17.5 Å². The van der Waals surface area contributed by atoms with Crippen molar-refractivity contribution in [2.24, 2.45) is 0 Å². The van der Waals surface area contributed by atoms with Gasteiger partial charge in [0.05, 0.1) is 0 Å². The minimum atomic E-state index is -0.324. The summed E-state index contributed by atoms with van der Waals surface area (Å²) in [5.41, 5.74) is 2.42. The molecule has 1 heterocycles. The molecule has 3 rings (SSSR count). The number of hydrogen-bond acceptors (Lipinski definition) is 3. The SMILES string of the molecule is CCc1ccc(NC(=O)c2cccc(C(=O)NC3CC3)n2)cc1. The minimum absolute atomic E-state index is 0.227. The topological polar surface area (TPSA) is 71.1 Å². The standard InChI is InChI=1S/C18H19N3O2/c1-2-12-6-8-13(9-7-12)19-17(22)15-4-3-5-16(21-15)18(23)20-14-10-11-14/h3-9,14H,2,10-11H2,1H3,(H,19,22)(H,20,23). The van der Waals surface area contributed by atoms with E-state index in [0.717, 1.165) is 19.3 Å². The highest BCUT2D eigenvalue weighted by Gasteiger charge is 2.24. The Morgan fingerprint density at radius 3 is 2.30 bits per heavy atom. The van der Waals surface area contributed by atoms with Crippen LogP contribution in [0.25, 0.3) is 0 Å². The maximum absolute atomic E-state index is 12.3. The van der Waals surface area contributed by atoms with Crippen LogP contribution < -0.4 is 10.6 Å². The molecule has 0 spiro atoms. The first-order chi connectivity index (χ1) is 11.2. The number of carbonyl (C=O) groups excluding carboxylic acids is 2. The van der Waals surface area contributed by atoms with Crippen LogP contribution in [-0.4, -0.2) is 22.8 Å². The second kappa shape index (κ2) is 6.60. The van der Waals surface area contributed by atoms with E-state index in [1.807, 2.05) is 24.3 Å². The lowest BCUT2D eigenvalue weighted by Gasteiger charge is -2.07. The summed E-state index contributed by atoms with van der Waals surface area (Å²) >= 11 is 0. The Balaban J connectivity index is 1.69. The van der Waals surface area contributed by atoms with Crippen LogP contribution in [0.5, 0.6) is 0 Å². The summed E-state index contributed by atoms with van der Waals surface area (Å²) in [5, 5.41) is 5.66. The lowest BCUT2D eigenvalue weighted by atomic mass is 10.1. The zero-order valence-corrected chi connectivity index (χ0v) is 13.0. The molecule has 2 aromatic rings. The van der Waals surface area contributed by atoms with Crippen molar-refractivity contribution in [3.8, 4) is 0 Å². The van der Waals surface area contributed by atoms with Crippen LogP contribution in [-0.2, 0) is 6.42 Å². The smallest absolute Gasteiger partial charge is 0.274 e. The van der Waals surface area contributed by atoms with E-state index in [2.05, 4.69) is 22.5 Å². The largest absolute Gasteiger partial charge is 0.348 e. The van der Waals surface area contributed by atoms with Crippen LogP contribution in [0.1, 0.15) is 46.3 Å². The van der Waals surface area contributed by atoms with Crippen molar-refractivity contribution in [1.29, 1.82) is 0 Å². The zero-order valence-electron chi connectivity index (χ0n) is 13.0. The number of amides is 2. The Bertz CT molecular complexity index is 721. The predicted molar refractivity (Wildman–Crippen MR) is 88.5 cm³/mol. The van der Waals surface area contributed by atoms with Crippen molar-refractivity contribution < 1.29 is 9.59 Å². The second-order valence-electron chi connectivity index (χ2n) is 5.66. The highest BCUT2D eigenvalue weighted by molar-refractivity contribution is 6.03. The van der Waals surface area contributed by atoms with Gasteiger partial charge in [-0.2, -0.15) is 0 Å². The Morgan fingerprint density at radius 1 is 1.04 bits per heavy atom. The number of pyridine rings is 1. The van der Waals surface area contributed by atoms with E-state index in [1.165, 1.54) is 5.56 Å². The fourth-order valence-corrected chi connectivity index (χ4v) is 2.19. The second-order valence-corrected chi connectivity index (χ2v) is 5.66. The van der Waals surface area contributed by atoms with Gasteiger partial charge in [0.2, 0.25) is 0 Å². The van der Waals surface area contributed by atoms with Gasteiger partial charge in [-0.1, -0.05) is 25.1 Å². The van der Waals surface area contributed by atoms with Gasteiger partial charge >= 0.3 is 0 Å². The molecule has 5 heteroatoms. The molecule has 2 amide bonds. The first-order valence-electron chi connectivity index (χ1n) is 7.84. The molecular weight excluding hydrogens is 290 g/mol. The number of benzene rings is 1. The fraction of sp³-hybridized carbons (Fsp3) is 0.278. The molecule has 1 fully saturated rings. The Hall–Kier alpha value is -2.69. The molecule has 2 N–H and O–H groups in total. The molecule has 23 heavy (non-hydrogen) atoms. The minimum Gasteiger partial charge on any atom is -0.348 e. The van der Waals surface area contributed by atoms with Gasteiger partial charge in [-0.25, -0.2) is 4.98 Å². The normalized spacial score (nSPS) is 13.4. The first-order valence-corrected chi connectivity index (χ1v) is 7.84. The predicted octanol–water partition coefficient (Wildman–Crippen LogP) is 2.79. The zero-order chi connectivity index (χ0) is 16.2. The summed E-state index contributed by atoms with van der Waals surface area (Å²) in [7, 11) is 0. The molecule has 5 nitrogen and oxygen atoms in total. The number of carbonyl (C=O) groups is 2. The van der Waals surface area contributed by atoms with E-state index < -0.39 is 0 Å². The average Bonchev–Trinajstić information content (AvgIpc) is 3.39. The van der Waals surface area contributed by atoms with E-state index in [-0.39, 0.29) is 29.2 Å². The number of rotatable bonds is 5. The lowest BCUT2D eigenvalue weighted by Crippen LogP contribution is -2.27. The molecule has 1 aromatic carbocycles. The number of aromatic nitrogens is 1. The van der Waals surface area contributed by atoms with E-state index >= 15 is 0 Å². The van der Waals surface area contributed by atoms with E-state index in [0.29, 0.717) is 5.69 Å². The highest BCUT2D eigenvalue weighted by atomic mass is 16.2. The molecule has 0 radical (unpaired) electrons. The molecule has 0 atom stereocenters. The third-order valence-corrected chi connectivity index (χ3v) is 3.75. The summed E-state index contributed by atoms with van der Waals surface area (Å²) in [5.74, 6) is -0.551. The average molecular weight is 309 g/mol. The van der Waals surface area contributed by atoms with Crippen LogP contribution >= 0.6 is 0 Å². The maximum atomic E-state index is 12.3. The molecule has 0 aliphatic heterocycles. The Labute approximate surface area is 135 Å². The summed E-state index contributed by atoms with van der Waals surface area (Å²) in [6.07, 6.45) is 2.98. The monoisotopic (exact) mass is 309 g/mol. The molecule has 1 aliphatic rings. The summed E-state index contributed by atoms with van der Waals surface area (Å²) in [6.45, 7) is 2.08. The molecule has 1 saturated carbocycles. The first kappa shape index (κ1) is 15.2. The number of hydrogen-bond donors (Lipinski definition) is 2. The van der Waals surface area contributed by atoms with Gasteiger partial charge in [0.1, 0.15) is 11.4 Å².